The molecule has 1 aliphatic rings. The summed E-state index contributed by atoms with van der Waals surface area (Å²) in [5.74, 6) is 1.15. The van der Waals surface area contributed by atoms with Gasteiger partial charge in [0.1, 0.15) is 33.8 Å². The van der Waals surface area contributed by atoms with Crippen molar-refractivity contribution in [3.05, 3.63) is 47.5 Å². The number of likely N-dealkylation sites (N-methyl/N-ethyl adjacent to an activating group) is 1. The van der Waals surface area contributed by atoms with E-state index in [0.29, 0.717) is 23.5 Å². The first-order valence-electron chi connectivity index (χ1n) is 12.7. The minimum absolute atomic E-state index is 0.0238. The molecular formula is C28H40N2O6S. The van der Waals surface area contributed by atoms with Crippen LogP contribution in [0.25, 0.3) is 0 Å². The Labute approximate surface area is 221 Å². The van der Waals surface area contributed by atoms with Crippen LogP contribution in [0.15, 0.2) is 46.3 Å². The number of nitrogens with zero attached hydrogens (tertiary/aromatic N) is 2. The molecule has 0 aliphatic carbocycles. The smallest absolute Gasteiger partial charge is 0.247 e. The summed E-state index contributed by atoms with van der Waals surface area (Å²) in [6.07, 6.45) is 1.63. The maximum absolute atomic E-state index is 14.1. The topological polar surface area (TPSA) is 97.7 Å². The van der Waals surface area contributed by atoms with Crippen molar-refractivity contribution in [3.8, 4) is 17.2 Å². The van der Waals surface area contributed by atoms with Gasteiger partial charge in [0.25, 0.3) is 0 Å². The number of hydrogen-bond donors (Lipinski definition) is 1. The number of ether oxygens (including phenoxy) is 3. The number of rotatable bonds is 11. The molecule has 3 rings (SSSR count). The zero-order valence-corrected chi connectivity index (χ0v) is 23.8. The highest BCUT2D eigenvalue weighted by molar-refractivity contribution is 7.89. The van der Waals surface area contributed by atoms with Gasteiger partial charge in [-0.1, -0.05) is 26.3 Å². The summed E-state index contributed by atoms with van der Waals surface area (Å²) in [5.41, 5.74) is 1.59. The normalized spacial score (nSPS) is 19.3. The summed E-state index contributed by atoms with van der Waals surface area (Å²) in [7, 11) is -1.21. The Bertz CT molecular complexity index is 1230. The van der Waals surface area contributed by atoms with Gasteiger partial charge in [0.05, 0.1) is 20.3 Å². The van der Waals surface area contributed by atoms with Gasteiger partial charge in [-0.2, -0.15) is 4.31 Å². The number of fused-ring (bicyclic) bond motifs is 1. The lowest BCUT2D eigenvalue weighted by Crippen LogP contribution is -2.54. The van der Waals surface area contributed by atoms with Gasteiger partial charge in [-0.3, -0.25) is 4.99 Å². The molecule has 9 heteroatoms. The van der Waals surface area contributed by atoms with Crippen molar-refractivity contribution >= 4 is 15.7 Å². The Hall–Kier alpha value is -2.62. The molecule has 2 aromatic carbocycles. The van der Waals surface area contributed by atoms with E-state index in [1.165, 1.54) is 24.6 Å². The third-order valence-electron chi connectivity index (χ3n) is 6.71. The second-order valence-electron chi connectivity index (χ2n) is 9.84. The predicted octanol–water partition coefficient (Wildman–Crippen LogP) is 4.79. The van der Waals surface area contributed by atoms with Crippen LogP contribution in [0.3, 0.4) is 0 Å². The molecule has 2 aromatic rings. The largest absolute Gasteiger partial charge is 0.497 e. The molecule has 8 nitrogen and oxygen atoms in total. The summed E-state index contributed by atoms with van der Waals surface area (Å²) in [4.78, 5) is 4.62. The standard InChI is InChI=1S/C28H40N2O6S/c1-8-10-15-29-19(3)16-20-11-13-23-22(17-20)26(27(31)28(4,5)36-23)30(9-2)37(32,33)25-18-21(34-6)12-14-24(25)35-7/h11-14,17-18,26-27,31H,8-10,15-16H2,1-7H3. The van der Waals surface area contributed by atoms with Crippen LogP contribution in [0.2, 0.25) is 0 Å². The van der Waals surface area contributed by atoms with Crippen LogP contribution < -0.4 is 14.2 Å². The number of aliphatic hydroxyl groups is 1. The lowest BCUT2D eigenvalue weighted by Gasteiger charge is -2.45. The first-order valence-corrected chi connectivity index (χ1v) is 14.2. The molecule has 1 aliphatic heterocycles. The molecular weight excluding hydrogens is 492 g/mol. The highest BCUT2D eigenvalue weighted by Crippen LogP contribution is 2.46. The first kappa shape index (κ1) is 28.9. The monoisotopic (exact) mass is 532 g/mol. The molecule has 0 bridgehead atoms. The lowest BCUT2D eigenvalue weighted by atomic mass is 9.85. The van der Waals surface area contributed by atoms with Crippen LogP contribution in [0.1, 0.15) is 64.6 Å². The number of aliphatic hydroxyl groups excluding tert-OH is 1. The molecule has 0 aromatic heterocycles. The summed E-state index contributed by atoms with van der Waals surface area (Å²) in [6, 6.07) is 9.54. The van der Waals surface area contributed by atoms with Crippen molar-refractivity contribution in [1.29, 1.82) is 0 Å². The van der Waals surface area contributed by atoms with E-state index in [9.17, 15) is 13.5 Å². The molecule has 2 unspecified atom stereocenters. The Morgan fingerprint density at radius 1 is 1.14 bits per heavy atom. The number of sulfonamides is 1. The number of hydrogen-bond acceptors (Lipinski definition) is 7. The third kappa shape index (κ3) is 6.10. The van der Waals surface area contributed by atoms with Gasteiger partial charge < -0.3 is 19.3 Å². The van der Waals surface area contributed by atoms with E-state index < -0.39 is 27.8 Å². The quantitative estimate of drug-likeness (QED) is 0.330. The Kier molecular flexibility index (Phi) is 9.26. The molecule has 0 spiro atoms. The van der Waals surface area contributed by atoms with Gasteiger partial charge in [0, 0.05) is 36.9 Å². The molecule has 2 atom stereocenters. The average molecular weight is 533 g/mol. The van der Waals surface area contributed by atoms with Crippen molar-refractivity contribution in [1.82, 2.24) is 4.31 Å². The molecule has 0 fully saturated rings. The second kappa shape index (κ2) is 11.8. The zero-order valence-electron chi connectivity index (χ0n) is 22.9. The Morgan fingerprint density at radius 3 is 2.49 bits per heavy atom. The van der Waals surface area contributed by atoms with Crippen molar-refractivity contribution in [2.75, 3.05) is 27.3 Å². The minimum atomic E-state index is -4.11. The fraction of sp³-hybridized carbons (Fsp3) is 0.536. The second-order valence-corrected chi connectivity index (χ2v) is 11.7. The summed E-state index contributed by atoms with van der Waals surface area (Å²) >= 11 is 0. The van der Waals surface area contributed by atoms with Crippen molar-refractivity contribution in [2.24, 2.45) is 4.99 Å². The van der Waals surface area contributed by atoms with E-state index in [1.54, 1.807) is 32.9 Å². The molecule has 37 heavy (non-hydrogen) atoms. The Morgan fingerprint density at radius 2 is 1.86 bits per heavy atom. The summed E-state index contributed by atoms with van der Waals surface area (Å²) < 4.78 is 46.4. The number of methoxy groups -OCH3 is 2. The van der Waals surface area contributed by atoms with Crippen LogP contribution in [-0.4, -0.2) is 62.6 Å². The van der Waals surface area contributed by atoms with Crippen LogP contribution in [-0.2, 0) is 16.4 Å². The number of unbranched alkanes of at least 4 members (excludes halogenated alkanes) is 1. The number of benzene rings is 2. The van der Waals surface area contributed by atoms with E-state index in [1.807, 2.05) is 25.1 Å². The van der Waals surface area contributed by atoms with Gasteiger partial charge in [-0.25, -0.2) is 8.42 Å². The molecule has 204 valence electrons. The van der Waals surface area contributed by atoms with Crippen molar-refractivity contribution in [2.45, 2.75) is 76.5 Å². The van der Waals surface area contributed by atoms with Crippen molar-refractivity contribution < 1.29 is 27.7 Å². The maximum atomic E-state index is 14.1. The van der Waals surface area contributed by atoms with E-state index >= 15 is 0 Å². The average Bonchev–Trinajstić information content (AvgIpc) is 2.86. The van der Waals surface area contributed by atoms with Crippen LogP contribution in [0.5, 0.6) is 17.2 Å². The minimum Gasteiger partial charge on any atom is -0.497 e. The van der Waals surface area contributed by atoms with E-state index in [-0.39, 0.29) is 17.2 Å². The van der Waals surface area contributed by atoms with E-state index in [2.05, 4.69) is 11.9 Å². The van der Waals surface area contributed by atoms with Gasteiger partial charge in [-0.15, -0.1) is 0 Å². The van der Waals surface area contributed by atoms with Crippen LogP contribution in [0, 0.1) is 0 Å². The van der Waals surface area contributed by atoms with E-state index in [0.717, 1.165) is 30.7 Å². The van der Waals surface area contributed by atoms with Gasteiger partial charge >= 0.3 is 0 Å². The summed E-state index contributed by atoms with van der Waals surface area (Å²) in [5, 5.41) is 11.5. The fourth-order valence-corrected chi connectivity index (χ4v) is 6.44. The third-order valence-corrected chi connectivity index (χ3v) is 8.69. The molecule has 1 heterocycles. The predicted molar refractivity (Wildman–Crippen MR) is 146 cm³/mol. The first-order chi connectivity index (χ1) is 17.5. The van der Waals surface area contributed by atoms with Gasteiger partial charge in [0.15, 0.2) is 0 Å². The molecule has 0 saturated heterocycles. The van der Waals surface area contributed by atoms with Crippen LogP contribution in [0.4, 0.5) is 0 Å². The maximum Gasteiger partial charge on any atom is 0.247 e. The highest BCUT2D eigenvalue weighted by atomic mass is 32.2. The molecule has 0 amide bonds. The number of aliphatic imine (C=N–C) groups is 1. The van der Waals surface area contributed by atoms with E-state index in [4.69, 9.17) is 14.2 Å². The summed E-state index contributed by atoms with van der Waals surface area (Å²) in [6.45, 7) is 10.3. The zero-order chi connectivity index (χ0) is 27.4. The lowest BCUT2D eigenvalue weighted by molar-refractivity contribution is -0.0786. The van der Waals surface area contributed by atoms with Gasteiger partial charge in [0.2, 0.25) is 10.0 Å². The molecule has 0 saturated carbocycles. The van der Waals surface area contributed by atoms with Crippen LogP contribution >= 0.6 is 0 Å². The molecule has 1 N–H and O–H groups in total. The highest BCUT2D eigenvalue weighted by Gasteiger charge is 2.48. The van der Waals surface area contributed by atoms with Crippen molar-refractivity contribution in [3.63, 3.8) is 0 Å². The fourth-order valence-electron chi connectivity index (χ4n) is 4.65. The van der Waals surface area contributed by atoms with Gasteiger partial charge in [-0.05, 0) is 57.0 Å². The molecule has 0 radical (unpaired) electrons. The Balaban J connectivity index is 2.12. The SMILES string of the molecule is CCCCN=C(C)Cc1ccc2c(c1)C(N(CC)S(=O)(=O)c1cc(OC)ccc1OC)C(O)C(C)(C)O2.